The molecule has 0 bridgehead atoms. The van der Waals surface area contributed by atoms with Crippen LogP contribution in [0.4, 0.5) is 0 Å². The Morgan fingerprint density at radius 2 is 1.83 bits per heavy atom. The van der Waals surface area contributed by atoms with Crippen molar-refractivity contribution < 1.29 is 4.74 Å². The molecule has 18 heavy (non-hydrogen) atoms. The van der Waals surface area contributed by atoms with E-state index in [4.69, 9.17) is 4.74 Å². The largest absolute Gasteiger partial charge is 0.381 e. The first kappa shape index (κ1) is 15.9. The predicted molar refractivity (Wildman–Crippen MR) is 78.0 cm³/mol. The highest BCUT2D eigenvalue weighted by molar-refractivity contribution is 4.88. The first-order valence-electron chi connectivity index (χ1n) is 7.50. The third-order valence-electron chi connectivity index (χ3n) is 4.37. The normalized spacial score (nSPS) is 21.5. The van der Waals surface area contributed by atoms with Gasteiger partial charge in [0.15, 0.2) is 0 Å². The van der Waals surface area contributed by atoms with Crippen LogP contribution in [0.1, 0.15) is 47.0 Å². The van der Waals surface area contributed by atoms with E-state index in [1.165, 1.54) is 25.8 Å². The fourth-order valence-corrected chi connectivity index (χ4v) is 2.61. The van der Waals surface area contributed by atoms with Gasteiger partial charge in [0.25, 0.3) is 0 Å². The van der Waals surface area contributed by atoms with E-state index in [0.717, 1.165) is 19.8 Å². The van der Waals surface area contributed by atoms with Gasteiger partial charge in [-0.25, -0.2) is 0 Å². The number of nitrogens with zero attached hydrogens (tertiary/aromatic N) is 1. The summed E-state index contributed by atoms with van der Waals surface area (Å²) in [6.45, 7) is 13.2. The number of nitrogens with one attached hydrogen (secondary N) is 1. The van der Waals surface area contributed by atoms with Crippen molar-refractivity contribution in [3.05, 3.63) is 0 Å². The maximum Gasteiger partial charge on any atom is 0.0472 e. The maximum atomic E-state index is 5.55. The van der Waals surface area contributed by atoms with Gasteiger partial charge in [0.2, 0.25) is 0 Å². The Morgan fingerprint density at radius 3 is 2.33 bits per heavy atom. The first-order chi connectivity index (χ1) is 8.49. The summed E-state index contributed by atoms with van der Waals surface area (Å²) in [7, 11) is 2.26. The van der Waals surface area contributed by atoms with Crippen molar-refractivity contribution >= 4 is 0 Å². The number of hydrogen-bond donors (Lipinski definition) is 1. The molecule has 1 aliphatic heterocycles. The van der Waals surface area contributed by atoms with E-state index in [9.17, 15) is 0 Å². The van der Waals surface area contributed by atoms with E-state index < -0.39 is 0 Å². The van der Waals surface area contributed by atoms with Crippen LogP contribution in [0.25, 0.3) is 0 Å². The van der Waals surface area contributed by atoms with Gasteiger partial charge in [-0.3, -0.25) is 0 Å². The fourth-order valence-electron chi connectivity index (χ4n) is 2.61. The van der Waals surface area contributed by atoms with Crippen molar-refractivity contribution in [3.63, 3.8) is 0 Å². The molecule has 0 spiro atoms. The molecule has 0 aliphatic carbocycles. The van der Waals surface area contributed by atoms with Crippen LogP contribution < -0.4 is 5.32 Å². The van der Waals surface area contributed by atoms with E-state index in [1.807, 2.05) is 0 Å². The Kier molecular flexibility index (Phi) is 6.61. The van der Waals surface area contributed by atoms with Crippen LogP contribution in [0.5, 0.6) is 0 Å². The van der Waals surface area contributed by atoms with Crippen molar-refractivity contribution in [1.29, 1.82) is 0 Å². The standard InChI is InChI=1S/C15H32N2O/c1-6-14(4)17(5)12-15(11-16-13(2)3)7-9-18-10-8-15/h13-14,16H,6-12H2,1-5H3. The third-order valence-corrected chi connectivity index (χ3v) is 4.37. The van der Waals surface area contributed by atoms with Gasteiger partial charge in [0, 0.05) is 38.4 Å². The smallest absolute Gasteiger partial charge is 0.0472 e. The molecule has 0 amide bonds. The second-order valence-corrected chi connectivity index (χ2v) is 6.32. The minimum Gasteiger partial charge on any atom is -0.381 e. The number of hydrogen-bond acceptors (Lipinski definition) is 3. The van der Waals surface area contributed by atoms with Gasteiger partial charge >= 0.3 is 0 Å². The van der Waals surface area contributed by atoms with E-state index in [2.05, 4.69) is 45.0 Å². The van der Waals surface area contributed by atoms with Crippen molar-refractivity contribution in [3.8, 4) is 0 Å². The summed E-state index contributed by atoms with van der Waals surface area (Å²) in [6, 6.07) is 1.24. The lowest BCUT2D eigenvalue weighted by atomic mass is 9.79. The lowest BCUT2D eigenvalue weighted by molar-refractivity contribution is -0.00666. The second kappa shape index (κ2) is 7.46. The highest BCUT2D eigenvalue weighted by atomic mass is 16.5. The third kappa shape index (κ3) is 4.87. The van der Waals surface area contributed by atoms with Gasteiger partial charge in [-0.05, 0) is 38.6 Å². The molecule has 3 nitrogen and oxygen atoms in total. The second-order valence-electron chi connectivity index (χ2n) is 6.32. The van der Waals surface area contributed by atoms with Gasteiger partial charge in [0.1, 0.15) is 0 Å². The van der Waals surface area contributed by atoms with E-state index in [0.29, 0.717) is 17.5 Å². The quantitative estimate of drug-likeness (QED) is 0.757. The summed E-state index contributed by atoms with van der Waals surface area (Å²) >= 11 is 0. The molecular weight excluding hydrogens is 224 g/mol. The van der Waals surface area contributed by atoms with Crippen LogP contribution in [0.3, 0.4) is 0 Å². The highest BCUT2D eigenvalue weighted by Gasteiger charge is 2.34. The summed E-state index contributed by atoms with van der Waals surface area (Å²) in [6.07, 6.45) is 3.60. The zero-order valence-corrected chi connectivity index (χ0v) is 13.0. The molecule has 1 aliphatic rings. The van der Waals surface area contributed by atoms with Crippen LogP contribution in [0.15, 0.2) is 0 Å². The Morgan fingerprint density at radius 1 is 1.22 bits per heavy atom. The molecule has 0 saturated carbocycles. The maximum absolute atomic E-state index is 5.55. The van der Waals surface area contributed by atoms with Crippen LogP contribution in [-0.2, 0) is 4.74 Å². The van der Waals surface area contributed by atoms with Gasteiger partial charge < -0.3 is 15.0 Å². The van der Waals surface area contributed by atoms with Crippen molar-refractivity contribution in [2.45, 2.75) is 59.0 Å². The molecule has 3 heteroatoms. The summed E-state index contributed by atoms with van der Waals surface area (Å²) in [5.74, 6) is 0. The molecule has 1 N–H and O–H groups in total. The topological polar surface area (TPSA) is 24.5 Å². The van der Waals surface area contributed by atoms with Crippen LogP contribution in [0.2, 0.25) is 0 Å². The van der Waals surface area contributed by atoms with E-state index in [-0.39, 0.29) is 0 Å². The zero-order chi connectivity index (χ0) is 13.6. The van der Waals surface area contributed by atoms with Gasteiger partial charge in [-0.15, -0.1) is 0 Å². The lowest BCUT2D eigenvalue weighted by Gasteiger charge is -2.42. The average molecular weight is 256 g/mol. The molecule has 1 rings (SSSR count). The van der Waals surface area contributed by atoms with Crippen molar-refractivity contribution in [1.82, 2.24) is 10.2 Å². The van der Waals surface area contributed by atoms with Crippen LogP contribution >= 0.6 is 0 Å². The SMILES string of the molecule is CCC(C)N(C)CC1(CNC(C)C)CCOCC1. The van der Waals surface area contributed by atoms with Crippen LogP contribution in [-0.4, -0.2) is 50.3 Å². The Labute approximate surface area is 113 Å². The Bertz CT molecular complexity index is 225. The summed E-state index contributed by atoms with van der Waals surface area (Å²) in [4.78, 5) is 2.52. The molecule has 0 radical (unpaired) electrons. The molecule has 1 fully saturated rings. The average Bonchev–Trinajstić information content (AvgIpc) is 2.36. The number of ether oxygens (including phenoxy) is 1. The van der Waals surface area contributed by atoms with E-state index in [1.54, 1.807) is 0 Å². The zero-order valence-electron chi connectivity index (χ0n) is 13.0. The molecule has 0 aromatic carbocycles. The minimum atomic E-state index is 0.403. The fraction of sp³-hybridized carbons (Fsp3) is 1.00. The monoisotopic (exact) mass is 256 g/mol. The molecule has 108 valence electrons. The molecule has 1 atom stereocenters. The summed E-state index contributed by atoms with van der Waals surface area (Å²) < 4.78 is 5.55. The summed E-state index contributed by atoms with van der Waals surface area (Å²) in [5.41, 5.74) is 0.403. The van der Waals surface area contributed by atoms with E-state index >= 15 is 0 Å². The lowest BCUT2D eigenvalue weighted by Crippen LogP contribution is -2.49. The minimum absolute atomic E-state index is 0.403. The number of rotatable bonds is 7. The summed E-state index contributed by atoms with van der Waals surface area (Å²) in [5, 5.41) is 3.64. The molecule has 0 aromatic rings. The van der Waals surface area contributed by atoms with Gasteiger partial charge in [-0.1, -0.05) is 20.8 Å². The molecule has 1 saturated heterocycles. The van der Waals surface area contributed by atoms with Gasteiger partial charge in [-0.2, -0.15) is 0 Å². The highest BCUT2D eigenvalue weighted by Crippen LogP contribution is 2.31. The van der Waals surface area contributed by atoms with Crippen molar-refractivity contribution in [2.75, 3.05) is 33.4 Å². The molecule has 1 unspecified atom stereocenters. The van der Waals surface area contributed by atoms with Crippen LogP contribution in [0, 0.1) is 5.41 Å². The predicted octanol–water partition coefficient (Wildman–Crippen LogP) is 2.51. The Balaban J connectivity index is 2.59. The molecular formula is C15H32N2O. The first-order valence-corrected chi connectivity index (χ1v) is 7.50. The van der Waals surface area contributed by atoms with Gasteiger partial charge in [0.05, 0.1) is 0 Å². The van der Waals surface area contributed by atoms with Crippen molar-refractivity contribution in [2.24, 2.45) is 5.41 Å². The Hall–Kier alpha value is -0.120. The molecule has 0 aromatic heterocycles. The molecule has 1 heterocycles.